The number of hydrogen-bond donors (Lipinski definition) is 1. The molecule has 158 valence electrons. The van der Waals surface area contributed by atoms with Crippen molar-refractivity contribution in [3.05, 3.63) is 92.4 Å². The fraction of sp³-hybridized carbons (Fsp3) is 0.0870. The highest BCUT2D eigenvalue weighted by Crippen LogP contribution is 2.25. The quantitative estimate of drug-likeness (QED) is 0.190. The first-order valence-electron chi connectivity index (χ1n) is 9.19. The van der Waals surface area contributed by atoms with Gasteiger partial charge in [-0.25, -0.2) is 10.2 Å². The Bertz CT molecular complexity index is 1100. The molecule has 6 nitrogen and oxygen atoms in total. The van der Waals surface area contributed by atoms with E-state index in [1.807, 2.05) is 19.1 Å². The molecule has 1 amide bonds. The molecule has 0 aromatic heterocycles. The van der Waals surface area contributed by atoms with E-state index in [1.54, 1.807) is 54.6 Å². The Morgan fingerprint density at radius 1 is 1.00 bits per heavy atom. The number of halogens is 2. The molecule has 1 N–H and O–H groups in total. The molecule has 0 aliphatic rings. The van der Waals surface area contributed by atoms with Crippen molar-refractivity contribution >= 4 is 50.0 Å². The van der Waals surface area contributed by atoms with E-state index < -0.39 is 5.97 Å². The number of carbonyl (C=O) groups is 2. The zero-order valence-electron chi connectivity index (χ0n) is 16.5. The lowest BCUT2D eigenvalue weighted by Crippen LogP contribution is -2.24. The van der Waals surface area contributed by atoms with Gasteiger partial charge in [0.25, 0.3) is 5.91 Å². The van der Waals surface area contributed by atoms with Gasteiger partial charge in [-0.05, 0) is 94.6 Å². The second-order valence-electron chi connectivity index (χ2n) is 6.48. The molecule has 0 bridgehead atoms. The van der Waals surface area contributed by atoms with Crippen LogP contribution in [0.1, 0.15) is 21.5 Å². The predicted octanol–water partition coefficient (Wildman–Crippen LogP) is 5.27. The maximum atomic E-state index is 12.1. The zero-order valence-corrected chi connectivity index (χ0v) is 19.6. The zero-order chi connectivity index (χ0) is 22.2. The molecular formula is C23H18Br2N2O4. The standard InChI is InChI=1S/C23H18Br2N2O4/c1-15-2-11-21(20(25)12-15)30-14-22(28)27-26-13-16-3-9-19(10-4-16)31-23(29)17-5-7-18(24)8-6-17/h2-13H,14H2,1H3,(H,27,28)/b26-13+. The van der Waals surface area contributed by atoms with E-state index in [-0.39, 0.29) is 12.5 Å². The Morgan fingerprint density at radius 2 is 1.71 bits per heavy atom. The van der Waals surface area contributed by atoms with Gasteiger partial charge in [0, 0.05) is 4.47 Å². The van der Waals surface area contributed by atoms with Crippen LogP contribution in [0.3, 0.4) is 0 Å². The van der Waals surface area contributed by atoms with E-state index in [2.05, 4.69) is 42.4 Å². The van der Waals surface area contributed by atoms with Gasteiger partial charge in [0.1, 0.15) is 11.5 Å². The van der Waals surface area contributed by atoms with E-state index in [4.69, 9.17) is 9.47 Å². The van der Waals surface area contributed by atoms with Gasteiger partial charge in [0.05, 0.1) is 16.3 Å². The van der Waals surface area contributed by atoms with Gasteiger partial charge in [-0.2, -0.15) is 5.10 Å². The number of nitrogens with zero attached hydrogens (tertiary/aromatic N) is 1. The molecule has 0 atom stereocenters. The summed E-state index contributed by atoms with van der Waals surface area (Å²) in [7, 11) is 0. The number of hydrogen-bond acceptors (Lipinski definition) is 5. The van der Waals surface area contributed by atoms with Gasteiger partial charge >= 0.3 is 5.97 Å². The molecule has 0 unspecified atom stereocenters. The first-order chi connectivity index (χ1) is 14.9. The van der Waals surface area contributed by atoms with Gasteiger partial charge in [-0.3, -0.25) is 4.79 Å². The smallest absolute Gasteiger partial charge is 0.343 e. The lowest BCUT2D eigenvalue weighted by molar-refractivity contribution is -0.123. The second-order valence-corrected chi connectivity index (χ2v) is 8.25. The number of nitrogens with one attached hydrogen (secondary N) is 1. The number of rotatable bonds is 7. The van der Waals surface area contributed by atoms with Gasteiger partial charge in [0.15, 0.2) is 6.61 Å². The van der Waals surface area contributed by atoms with Crippen molar-refractivity contribution in [3.63, 3.8) is 0 Å². The lowest BCUT2D eigenvalue weighted by Gasteiger charge is -2.07. The number of carbonyl (C=O) groups excluding carboxylic acids is 2. The highest BCUT2D eigenvalue weighted by molar-refractivity contribution is 9.10. The van der Waals surface area contributed by atoms with Crippen LogP contribution in [0.15, 0.2) is 80.8 Å². The summed E-state index contributed by atoms with van der Waals surface area (Å²) in [4.78, 5) is 24.0. The molecule has 3 rings (SSSR count). The summed E-state index contributed by atoms with van der Waals surface area (Å²) in [5, 5.41) is 3.91. The summed E-state index contributed by atoms with van der Waals surface area (Å²) in [5.74, 6) is 0.161. The van der Waals surface area contributed by atoms with E-state index in [1.165, 1.54) is 6.21 Å². The molecule has 8 heteroatoms. The van der Waals surface area contributed by atoms with Crippen LogP contribution in [-0.2, 0) is 4.79 Å². The molecule has 31 heavy (non-hydrogen) atoms. The molecule has 0 fully saturated rings. The number of hydrazone groups is 1. The highest BCUT2D eigenvalue weighted by Gasteiger charge is 2.08. The average Bonchev–Trinajstić information content (AvgIpc) is 2.75. The fourth-order valence-electron chi connectivity index (χ4n) is 2.45. The van der Waals surface area contributed by atoms with Gasteiger partial charge in [-0.15, -0.1) is 0 Å². The number of esters is 1. The molecule has 0 saturated heterocycles. The van der Waals surface area contributed by atoms with Crippen molar-refractivity contribution in [1.29, 1.82) is 0 Å². The fourth-order valence-corrected chi connectivity index (χ4v) is 3.32. The van der Waals surface area contributed by atoms with Crippen LogP contribution < -0.4 is 14.9 Å². The van der Waals surface area contributed by atoms with E-state index in [0.717, 1.165) is 20.1 Å². The van der Waals surface area contributed by atoms with Crippen LogP contribution in [0.5, 0.6) is 11.5 Å². The molecule has 0 saturated carbocycles. The molecular weight excluding hydrogens is 528 g/mol. The summed E-state index contributed by atoms with van der Waals surface area (Å²) in [6, 6.07) is 19.2. The summed E-state index contributed by atoms with van der Waals surface area (Å²) in [6.45, 7) is 1.80. The van der Waals surface area contributed by atoms with Crippen LogP contribution in [-0.4, -0.2) is 24.7 Å². The van der Waals surface area contributed by atoms with Gasteiger partial charge < -0.3 is 9.47 Å². The molecule has 0 aliphatic carbocycles. The van der Waals surface area contributed by atoms with Gasteiger partial charge in [0.2, 0.25) is 0 Å². The minimum absolute atomic E-state index is 0.163. The van der Waals surface area contributed by atoms with Crippen LogP contribution in [0.4, 0.5) is 0 Å². The number of amides is 1. The van der Waals surface area contributed by atoms with E-state index in [0.29, 0.717) is 17.1 Å². The summed E-state index contributed by atoms with van der Waals surface area (Å²) in [5.41, 5.74) is 4.67. The number of ether oxygens (including phenoxy) is 2. The first kappa shape index (κ1) is 22.7. The molecule has 0 heterocycles. The summed E-state index contributed by atoms with van der Waals surface area (Å²) < 4.78 is 12.5. The third kappa shape index (κ3) is 7.04. The van der Waals surface area contributed by atoms with E-state index >= 15 is 0 Å². The second kappa shape index (κ2) is 10.9. The highest BCUT2D eigenvalue weighted by atomic mass is 79.9. The van der Waals surface area contributed by atoms with Crippen molar-refractivity contribution in [2.45, 2.75) is 6.92 Å². The Hall–Kier alpha value is -2.97. The first-order valence-corrected chi connectivity index (χ1v) is 10.8. The largest absolute Gasteiger partial charge is 0.483 e. The molecule has 0 aliphatic heterocycles. The van der Waals surface area contributed by atoms with Crippen LogP contribution in [0.25, 0.3) is 0 Å². The Kier molecular flexibility index (Phi) is 7.97. The summed E-state index contributed by atoms with van der Waals surface area (Å²) >= 11 is 6.72. The van der Waals surface area contributed by atoms with Gasteiger partial charge in [-0.1, -0.05) is 22.0 Å². The van der Waals surface area contributed by atoms with Crippen molar-refractivity contribution in [2.24, 2.45) is 5.10 Å². The molecule has 0 spiro atoms. The van der Waals surface area contributed by atoms with Crippen LogP contribution >= 0.6 is 31.9 Å². The predicted molar refractivity (Wildman–Crippen MR) is 126 cm³/mol. The molecule has 3 aromatic carbocycles. The van der Waals surface area contributed by atoms with Crippen molar-refractivity contribution in [1.82, 2.24) is 5.43 Å². The maximum Gasteiger partial charge on any atom is 0.343 e. The van der Waals surface area contributed by atoms with Crippen molar-refractivity contribution in [3.8, 4) is 11.5 Å². The third-order valence-corrected chi connectivity index (χ3v) is 5.17. The minimum Gasteiger partial charge on any atom is -0.483 e. The topological polar surface area (TPSA) is 77.0 Å². The molecule has 3 aromatic rings. The normalized spacial score (nSPS) is 10.7. The van der Waals surface area contributed by atoms with E-state index in [9.17, 15) is 9.59 Å². The Morgan fingerprint density at radius 3 is 2.39 bits per heavy atom. The third-order valence-electron chi connectivity index (χ3n) is 4.02. The number of benzene rings is 3. The monoisotopic (exact) mass is 544 g/mol. The SMILES string of the molecule is Cc1ccc(OCC(=O)N/N=C/c2ccc(OC(=O)c3ccc(Br)cc3)cc2)c(Br)c1. The average molecular weight is 546 g/mol. The minimum atomic E-state index is -0.443. The summed E-state index contributed by atoms with van der Waals surface area (Å²) in [6.07, 6.45) is 1.49. The van der Waals surface area contributed by atoms with Crippen molar-refractivity contribution in [2.75, 3.05) is 6.61 Å². The Labute approximate surface area is 196 Å². The lowest BCUT2D eigenvalue weighted by atomic mass is 10.2. The van der Waals surface area contributed by atoms with Crippen LogP contribution in [0.2, 0.25) is 0 Å². The molecule has 0 radical (unpaired) electrons. The van der Waals surface area contributed by atoms with Crippen LogP contribution in [0, 0.1) is 6.92 Å². The Balaban J connectivity index is 1.47. The number of aryl methyl sites for hydroxylation is 1. The maximum absolute atomic E-state index is 12.1. The van der Waals surface area contributed by atoms with Crippen molar-refractivity contribution < 1.29 is 19.1 Å².